The fourth-order valence-corrected chi connectivity index (χ4v) is 3.96. The highest BCUT2D eigenvalue weighted by atomic mass is 32.2. The van der Waals surface area contributed by atoms with Gasteiger partial charge in [-0.05, 0) is 17.7 Å². The van der Waals surface area contributed by atoms with Crippen molar-refractivity contribution in [2.45, 2.75) is 13.0 Å². The number of amides is 2. The molecular weight excluding hydrogens is 378 g/mol. The number of nitrogens with zero attached hydrogens (tertiary/aromatic N) is 1. The third kappa shape index (κ3) is 5.40. The van der Waals surface area contributed by atoms with E-state index in [1.54, 1.807) is 4.90 Å². The molecule has 0 saturated carbocycles. The summed E-state index contributed by atoms with van der Waals surface area (Å²) < 4.78 is 26.7. The quantitative estimate of drug-likeness (QED) is 0.696. The van der Waals surface area contributed by atoms with Crippen LogP contribution in [0.1, 0.15) is 12.0 Å². The molecule has 7 nitrogen and oxygen atoms in total. The van der Waals surface area contributed by atoms with E-state index < -0.39 is 15.9 Å². The average Bonchev–Trinajstić information content (AvgIpc) is 3.10. The van der Waals surface area contributed by atoms with Crippen molar-refractivity contribution in [2.75, 3.05) is 23.7 Å². The van der Waals surface area contributed by atoms with E-state index in [-0.39, 0.29) is 37.1 Å². The summed E-state index contributed by atoms with van der Waals surface area (Å²) in [5, 5.41) is 2.63. The van der Waals surface area contributed by atoms with Crippen molar-refractivity contribution in [3.63, 3.8) is 0 Å². The van der Waals surface area contributed by atoms with Crippen molar-refractivity contribution in [1.29, 1.82) is 0 Å². The second kappa shape index (κ2) is 8.99. The Hall–Kier alpha value is -2.71. The van der Waals surface area contributed by atoms with Crippen LogP contribution in [0.3, 0.4) is 0 Å². The third-order valence-electron chi connectivity index (χ3n) is 4.57. The van der Waals surface area contributed by atoms with Crippen molar-refractivity contribution in [1.82, 2.24) is 10.0 Å². The molecule has 1 aliphatic rings. The Morgan fingerprint density at radius 1 is 1.04 bits per heavy atom. The summed E-state index contributed by atoms with van der Waals surface area (Å²) in [4.78, 5) is 26.1. The second-order valence-electron chi connectivity index (χ2n) is 6.66. The molecule has 0 aromatic heterocycles. The molecule has 1 atom stereocenters. The molecule has 1 fully saturated rings. The molecule has 0 unspecified atom stereocenters. The highest BCUT2D eigenvalue weighted by Gasteiger charge is 2.34. The van der Waals surface area contributed by atoms with Crippen LogP contribution in [0.4, 0.5) is 5.69 Å². The Labute approximate surface area is 164 Å². The van der Waals surface area contributed by atoms with Gasteiger partial charge in [-0.25, -0.2) is 13.1 Å². The first-order valence-electron chi connectivity index (χ1n) is 9.09. The van der Waals surface area contributed by atoms with Crippen molar-refractivity contribution in [3.8, 4) is 0 Å². The molecule has 28 heavy (non-hydrogen) atoms. The molecule has 3 rings (SSSR count). The lowest BCUT2D eigenvalue weighted by atomic mass is 10.1. The lowest BCUT2D eigenvalue weighted by Gasteiger charge is -2.16. The fourth-order valence-electron chi connectivity index (χ4n) is 3.05. The van der Waals surface area contributed by atoms with Gasteiger partial charge < -0.3 is 10.2 Å². The third-order valence-corrected chi connectivity index (χ3v) is 5.90. The number of nitrogens with one attached hydrogen (secondary N) is 2. The Bertz CT molecular complexity index is 917. The number of hydrogen-bond donors (Lipinski definition) is 2. The van der Waals surface area contributed by atoms with Gasteiger partial charge >= 0.3 is 0 Å². The largest absolute Gasteiger partial charge is 0.355 e. The summed E-state index contributed by atoms with van der Waals surface area (Å²) in [7, 11) is -3.51. The van der Waals surface area contributed by atoms with E-state index in [9.17, 15) is 18.0 Å². The summed E-state index contributed by atoms with van der Waals surface area (Å²) in [5.41, 5.74) is 1.62. The number of carbonyl (C=O) groups excluding carboxylic acids is 2. The van der Waals surface area contributed by atoms with Gasteiger partial charge in [-0.3, -0.25) is 9.59 Å². The van der Waals surface area contributed by atoms with E-state index in [0.717, 1.165) is 11.3 Å². The fraction of sp³-hybridized carbons (Fsp3) is 0.300. The molecule has 1 saturated heterocycles. The molecule has 2 amide bonds. The van der Waals surface area contributed by atoms with Crippen molar-refractivity contribution in [3.05, 3.63) is 66.2 Å². The van der Waals surface area contributed by atoms with Crippen LogP contribution in [-0.4, -0.2) is 39.1 Å². The van der Waals surface area contributed by atoms with Crippen LogP contribution < -0.4 is 14.9 Å². The minimum absolute atomic E-state index is 0.00101. The highest BCUT2D eigenvalue weighted by Crippen LogP contribution is 2.24. The summed E-state index contributed by atoms with van der Waals surface area (Å²) in [6, 6.07) is 18.4. The lowest BCUT2D eigenvalue weighted by molar-refractivity contribution is -0.126. The normalized spacial score (nSPS) is 16.9. The first kappa shape index (κ1) is 20.0. The number of carbonyl (C=O) groups is 2. The van der Waals surface area contributed by atoms with Crippen LogP contribution >= 0.6 is 0 Å². The van der Waals surface area contributed by atoms with Gasteiger partial charge in [0, 0.05) is 31.7 Å². The summed E-state index contributed by atoms with van der Waals surface area (Å²) in [5.74, 6) is -1.10. The van der Waals surface area contributed by atoms with E-state index in [1.165, 1.54) is 0 Å². The molecule has 2 aromatic carbocycles. The number of sulfonamides is 1. The lowest BCUT2D eigenvalue weighted by Crippen LogP contribution is -2.38. The van der Waals surface area contributed by atoms with Gasteiger partial charge in [0.1, 0.15) is 0 Å². The molecule has 0 bridgehead atoms. The number of para-hydroxylation sites is 1. The van der Waals surface area contributed by atoms with Gasteiger partial charge in [0.2, 0.25) is 21.8 Å². The SMILES string of the molecule is O=C(NCCS(=O)(=O)NCc1ccccc1)[C@H]1CC(=O)N(c2ccccc2)C1. The first-order valence-corrected chi connectivity index (χ1v) is 10.7. The van der Waals surface area contributed by atoms with Crippen molar-refractivity contribution in [2.24, 2.45) is 5.92 Å². The van der Waals surface area contributed by atoms with Crippen LogP contribution in [0.5, 0.6) is 0 Å². The standard InChI is InChI=1S/C20H23N3O4S/c24-19-13-17(15-23(19)18-9-5-2-6-10-18)20(25)21-11-12-28(26,27)22-14-16-7-3-1-4-8-16/h1-10,17,22H,11-15H2,(H,21,25)/t17-/m0/s1. The van der Waals surface area contributed by atoms with Crippen LogP contribution in [0.2, 0.25) is 0 Å². The molecule has 1 aliphatic heterocycles. The van der Waals surface area contributed by atoms with E-state index in [2.05, 4.69) is 10.0 Å². The Kier molecular flexibility index (Phi) is 6.43. The number of benzene rings is 2. The van der Waals surface area contributed by atoms with Gasteiger partial charge in [0.15, 0.2) is 0 Å². The van der Waals surface area contributed by atoms with Crippen molar-refractivity contribution < 1.29 is 18.0 Å². The Morgan fingerprint density at radius 2 is 1.68 bits per heavy atom. The second-order valence-corrected chi connectivity index (χ2v) is 8.58. The predicted octanol–water partition coefficient (Wildman–Crippen LogP) is 1.28. The van der Waals surface area contributed by atoms with Crippen LogP contribution in [0.25, 0.3) is 0 Å². The maximum atomic E-state index is 12.3. The molecular formula is C20H23N3O4S. The van der Waals surface area contributed by atoms with Gasteiger partial charge in [-0.15, -0.1) is 0 Å². The van der Waals surface area contributed by atoms with Gasteiger partial charge in [0.25, 0.3) is 0 Å². The Balaban J connectivity index is 1.44. The predicted molar refractivity (Wildman–Crippen MR) is 107 cm³/mol. The maximum absolute atomic E-state index is 12.3. The molecule has 0 spiro atoms. The van der Waals surface area contributed by atoms with Crippen LogP contribution in [-0.2, 0) is 26.2 Å². The van der Waals surface area contributed by atoms with E-state index in [4.69, 9.17) is 0 Å². The van der Waals surface area contributed by atoms with Gasteiger partial charge in [-0.2, -0.15) is 0 Å². The van der Waals surface area contributed by atoms with Gasteiger partial charge in [-0.1, -0.05) is 48.5 Å². The average molecular weight is 401 g/mol. The first-order chi connectivity index (χ1) is 13.4. The van der Waals surface area contributed by atoms with Crippen LogP contribution in [0, 0.1) is 5.92 Å². The summed E-state index contributed by atoms with van der Waals surface area (Å²) in [6.45, 7) is 0.507. The van der Waals surface area contributed by atoms with Crippen molar-refractivity contribution >= 4 is 27.5 Å². The zero-order valence-corrected chi connectivity index (χ0v) is 16.2. The van der Waals surface area contributed by atoms with E-state index >= 15 is 0 Å². The highest BCUT2D eigenvalue weighted by molar-refractivity contribution is 7.89. The zero-order valence-electron chi connectivity index (χ0n) is 15.4. The Morgan fingerprint density at radius 3 is 2.36 bits per heavy atom. The summed E-state index contributed by atoms with van der Waals surface area (Å²) in [6.07, 6.45) is 0.125. The molecule has 0 aliphatic carbocycles. The number of hydrogen-bond acceptors (Lipinski definition) is 4. The molecule has 148 valence electrons. The molecule has 1 heterocycles. The summed E-state index contributed by atoms with van der Waals surface area (Å²) >= 11 is 0. The van der Waals surface area contributed by atoms with E-state index in [0.29, 0.717) is 6.54 Å². The van der Waals surface area contributed by atoms with E-state index in [1.807, 2.05) is 60.7 Å². The molecule has 2 aromatic rings. The smallest absolute Gasteiger partial charge is 0.227 e. The maximum Gasteiger partial charge on any atom is 0.227 e. The number of anilines is 1. The number of rotatable bonds is 8. The molecule has 2 N–H and O–H groups in total. The minimum Gasteiger partial charge on any atom is -0.355 e. The minimum atomic E-state index is -3.51. The molecule has 0 radical (unpaired) electrons. The van der Waals surface area contributed by atoms with Crippen LogP contribution in [0.15, 0.2) is 60.7 Å². The van der Waals surface area contributed by atoms with Gasteiger partial charge in [0.05, 0.1) is 11.7 Å². The monoisotopic (exact) mass is 401 g/mol. The molecule has 8 heteroatoms. The topological polar surface area (TPSA) is 95.6 Å². The zero-order chi connectivity index (χ0) is 20.0.